The first kappa shape index (κ1) is 13.7. The van der Waals surface area contributed by atoms with Gasteiger partial charge in [0.2, 0.25) is 0 Å². The molecule has 0 aliphatic rings. The normalized spacial score (nSPS) is 10.5. The molecule has 1 nitrogen and oxygen atoms in total. The van der Waals surface area contributed by atoms with Gasteiger partial charge in [0.25, 0.3) is 0 Å². The zero-order valence-corrected chi connectivity index (χ0v) is 11.0. The highest BCUT2D eigenvalue weighted by molar-refractivity contribution is 6.30. The van der Waals surface area contributed by atoms with Crippen LogP contribution in [0.25, 0.3) is 0 Å². The molecule has 0 unspecified atom stereocenters. The molecule has 0 saturated heterocycles. The maximum absolute atomic E-state index is 13.1. The Kier molecular flexibility index (Phi) is 3.96. The van der Waals surface area contributed by atoms with Gasteiger partial charge in [0, 0.05) is 12.0 Å². The number of hydrogen-bond acceptors (Lipinski definition) is 1. The van der Waals surface area contributed by atoms with E-state index in [-0.39, 0.29) is 23.0 Å². The molecule has 0 N–H and O–H groups in total. The Hall–Kier alpha value is -1.74. The SMILES string of the molecule is Cc1cc(C(=O)Cc2ccc(F)c(Cl)c2)ccc1F. The standard InChI is InChI=1S/C15H11ClF2O/c1-9-6-11(3-5-13(9)17)15(19)8-10-2-4-14(18)12(16)7-10/h2-7H,8H2,1H3. The van der Waals surface area contributed by atoms with Gasteiger partial charge in [-0.05, 0) is 48.4 Å². The molecule has 2 aromatic carbocycles. The number of hydrogen-bond donors (Lipinski definition) is 0. The maximum Gasteiger partial charge on any atom is 0.167 e. The second-order valence-electron chi connectivity index (χ2n) is 4.31. The molecule has 0 bridgehead atoms. The summed E-state index contributed by atoms with van der Waals surface area (Å²) < 4.78 is 26.1. The average molecular weight is 281 g/mol. The maximum atomic E-state index is 13.1. The van der Waals surface area contributed by atoms with Crippen LogP contribution < -0.4 is 0 Å². The molecule has 0 fully saturated rings. The Bertz CT molecular complexity index is 638. The number of ketones is 1. The lowest BCUT2D eigenvalue weighted by atomic mass is 10.0. The molecular formula is C15H11ClF2O. The van der Waals surface area contributed by atoms with Gasteiger partial charge in [-0.3, -0.25) is 4.79 Å². The van der Waals surface area contributed by atoms with Crippen molar-refractivity contribution < 1.29 is 13.6 Å². The Labute approximate surface area is 114 Å². The second kappa shape index (κ2) is 5.49. The van der Waals surface area contributed by atoms with Gasteiger partial charge in [0.05, 0.1) is 5.02 Å². The van der Waals surface area contributed by atoms with Crippen molar-refractivity contribution in [2.45, 2.75) is 13.3 Å². The van der Waals surface area contributed by atoms with Crippen molar-refractivity contribution in [3.05, 3.63) is 69.7 Å². The number of carbonyl (C=O) groups excluding carboxylic acids is 1. The predicted molar refractivity (Wildman–Crippen MR) is 70.6 cm³/mol. The summed E-state index contributed by atoms with van der Waals surface area (Å²) in [4.78, 5) is 12.0. The Balaban J connectivity index is 2.20. The fourth-order valence-corrected chi connectivity index (χ4v) is 1.96. The molecule has 0 aliphatic carbocycles. The highest BCUT2D eigenvalue weighted by Gasteiger charge is 2.10. The number of Topliss-reactive ketones (excluding diaryl/α,β-unsaturated/α-hetero) is 1. The van der Waals surface area contributed by atoms with Crippen LogP contribution in [-0.4, -0.2) is 5.78 Å². The Morgan fingerprint density at radius 3 is 2.42 bits per heavy atom. The topological polar surface area (TPSA) is 17.1 Å². The zero-order valence-electron chi connectivity index (χ0n) is 10.2. The van der Waals surface area contributed by atoms with Gasteiger partial charge in [-0.2, -0.15) is 0 Å². The van der Waals surface area contributed by atoms with E-state index >= 15 is 0 Å². The van der Waals surface area contributed by atoms with Crippen LogP contribution in [-0.2, 0) is 6.42 Å². The first-order valence-corrected chi connectivity index (χ1v) is 6.08. The molecule has 0 atom stereocenters. The first-order valence-electron chi connectivity index (χ1n) is 5.70. The predicted octanol–water partition coefficient (Wildman–Crippen LogP) is 4.35. The van der Waals surface area contributed by atoms with Crippen molar-refractivity contribution in [2.24, 2.45) is 0 Å². The van der Waals surface area contributed by atoms with E-state index in [4.69, 9.17) is 11.6 Å². The third-order valence-corrected chi connectivity index (χ3v) is 3.12. The van der Waals surface area contributed by atoms with Gasteiger partial charge < -0.3 is 0 Å². The molecule has 0 radical (unpaired) electrons. The second-order valence-corrected chi connectivity index (χ2v) is 4.72. The molecule has 2 aromatic rings. The molecule has 0 spiro atoms. The van der Waals surface area contributed by atoms with Gasteiger partial charge in [-0.1, -0.05) is 17.7 Å². The molecular weight excluding hydrogens is 270 g/mol. The summed E-state index contributed by atoms with van der Waals surface area (Å²) in [5.41, 5.74) is 1.47. The smallest absolute Gasteiger partial charge is 0.167 e. The summed E-state index contributed by atoms with van der Waals surface area (Å²) >= 11 is 5.65. The minimum atomic E-state index is -0.518. The molecule has 98 valence electrons. The summed E-state index contributed by atoms with van der Waals surface area (Å²) in [5, 5.41) is -0.0133. The summed E-state index contributed by atoms with van der Waals surface area (Å²) in [6.45, 7) is 1.60. The molecule has 4 heteroatoms. The van der Waals surface area contributed by atoms with E-state index in [1.165, 1.54) is 36.4 Å². The van der Waals surface area contributed by atoms with Crippen LogP contribution >= 0.6 is 11.6 Å². The lowest BCUT2D eigenvalue weighted by Gasteiger charge is -2.04. The van der Waals surface area contributed by atoms with Crippen molar-refractivity contribution >= 4 is 17.4 Å². The van der Waals surface area contributed by atoms with Crippen molar-refractivity contribution in [1.29, 1.82) is 0 Å². The monoisotopic (exact) mass is 280 g/mol. The molecule has 2 rings (SSSR count). The van der Waals surface area contributed by atoms with E-state index in [1.54, 1.807) is 6.92 Å². The third-order valence-electron chi connectivity index (χ3n) is 2.83. The van der Waals surface area contributed by atoms with Crippen molar-refractivity contribution in [3.8, 4) is 0 Å². The molecule has 0 aromatic heterocycles. The zero-order chi connectivity index (χ0) is 14.0. The van der Waals surface area contributed by atoms with Gasteiger partial charge in [0.15, 0.2) is 5.78 Å². The van der Waals surface area contributed by atoms with E-state index in [0.717, 1.165) is 0 Å². The molecule has 19 heavy (non-hydrogen) atoms. The number of halogens is 3. The van der Waals surface area contributed by atoms with Crippen LogP contribution in [0.3, 0.4) is 0 Å². The van der Waals surface area contributed by atoms with Gasteiger partial charge in [0.1, 0.15) is 11.6 Å². The van der Waals surface area contributed by atoms with Crippen LogP contribution in [0.1, 0.15) is 21.5 Å². The summed E-state index contributed by atoms with van der Waals surface area (Å²) in [5.74, 6) is -1.03. The Morgan fingerprint density at radius 2 is 1.79 bits per heavy atom. The quantitative estimate of drug-likeness (QED) is 0.764. The lowest BCUT2D eigenvalue weighted by molar-refractivity contribution is 0.0993. The number of carbonyl (C=O) groups is 1. The highest BCUT2D eigenvalue weighted by Crippen LogP contribution is 2.18. The summed E-state index contributed by atoms with van der Waals surface area (Å²) in [6, 6.07) is 8.36. The number of aryl methyl sites for hydroxylation is 1. The molecule has 0 aliphatic heterocycles. The van der Waals surface area contributed by atoms with Crippen molar-refractivity contribution in [1.82, 2.24) is 0 Å². The van der Waals surface area contributed by atoms with E-state index in [0.29, 0.717) is 16.7 Å². The third kappa shape index (κ3) is 3.18. The first-order chi connectivity index (χ1) is 8.97. The summed E-state index contributed by atoms with van der Waals surface area (Å²) in [7, 11) is 0. The minimum absolute atomic E-state index is 0.0133. The number of rotatable bonds is 3. The largest absolute Gasteiger partial charge is 0.294 e. The van der Waals surface area contributed by atoms with E-state index in [1.807, 2.05) is 0 Å². The average Bonchev–Trinajstić information content (AvgIpc) is 2.37. The van der Waals surface area contributed by atoms with E-state index in [9.17, 15) is 13.6 Å². The van der Waals surface area contributed by atoms with E-state index in [2.05, 4.69) is 0 Å². The number of benzene rings is 2. The van der Waals surface area contributed by atoms with Gasteiger partial charge >= 0.3 is 0 Å². The van der Waals surface area contributed by atoms with Crippen molar-refractivity contribution in [3.63, 3.8) is 0 Å². The molecule has 0 amide bonds. The van der Waals surface area contributed by atoms with Crippen molar-refractivity contribution in [2.75, 3.05) is 0 Å². The minimum Gasteiger partial charge on any atom is -0.294 e. The highest BCUT2D eigenvalue weighted by atomic mass is 35.5. The van der Waals surface area contributed by atoms with Crippen LogP contribution in [0.2, 0.25) is 5.02 Å². The Morgan fingerprint density at radius 1 is 1.11 bits per heavy atom. The summed E-state index contributed by atoms with van der Waals surface area (Å²) in [6.07, 6.45) is 0.102. The van der Waals surface area contributed by atoms with Gasteiger partial charge in [-0.15, -0.1) is 0 Å². The molecule has 0 heterocycles. The van der Waals surface area contributed by atoms with Crippen LogP contribution in [0.4, 0.5) is 8.78 Å². The van der Waals surface area contributed by atoms with Crippen LogP contribution in [0.5, 0.6) is 0 Å². The van der Waals surface area contributed by atoms with Gasteiger partial charge in [-0.25, -0.2) is 8.78 Å². The fourth-order valence-electron chi connectivity index (χ4n) is 1.76. The lowest BCUT2D eigenvalue weighted by Crippen LogP contribution is -2.04. The van der Waals surface area contributed by atoms with Crippen LogP contribution in [0, 0.1) is 18.6 Å². The van der Waals surface area contributed by atoms with Crippen LogP contribution in [0.15, 0.2) is 36.4 Å². The fraction of sp³-hybridized carbons (Fsp3) is 0.133. The molecule has 0 saturated carbocycles. The van der Waals surface area contributed by atoms with E-state index < -0.39 is 5.82 Å².